The highest BCUT2D eigenvalue weighted by Gasteiger charge is 2.30. The average molecular weight is 710 g/mol. The molecule has 280 valence electrons. The highest BCUT2D eigenvalue weighted by atomic mass is 16.4. The Bertz CT molecular complexity index is 1600. The molecule has 0 unspecified atom stereocenters. The first-order chi connectivity index (χ1) is 25.2. The summed E-state index contributed by atoms with van der Waals surface area (Å²) in [7, 11) is 0. The van der Waals surface area contributed by atoms with Gasteiger partial charge in [-0.25, -0.2) is 0 Å². The Hall–Kier alpha value is -3.95. The Kier molecular flexibility index (Phi) is 19.9. The lowest BCUT2D eigenvalue weighted by Gasteiger charge is -2.25. The van der Waals surface area contributed by atoms with Crippen LogP contribution in [-0.4, -0.2) is 69.0 Å². The fourth-order valence-electron chi connectivity index (χ4n) is 5.91. The van der Waals surface area contributed by atoms with Crippen LogP contribution in [0.5, 0.6) is 0 Å². The molecule has 0 fully saturated rings. The van der Waals surface area contributed by atoms with Crippen molar-refractivity contribution in [1.29, 1.82) is 0 Å². The molecule has 4 atom stereocenters. The molecule has 3 aromatic carbocycles. The zero-order valence-corrected chi connectivity index (χ0v) is 31.1. The second-order valence-electron chi connectivity index (χ2n) is 13.7. The van der Waals surface area contributed by atoms with Crippen molar-refractivity contribution >= 4 is 5.91 Å². The third-order valence-corrected chi connectivity index (χ3v) is 9.30. The first-order valence-electron chi connectivity index (χ1n) is 19.2. The molecule has 0 saturated carbocycles. The largest absolute Gasteiger partial charge is 0.394 e. The van der Waals surface area contributed by atoms with Gasteiger partial charge in [0.25, 0.3) is 5.91 Å². The zero-order chi connectivity index (χ0) is 37.6. The van der Waals surface area contributed by atoms with Crippen LogP contribution in [0.2, 0.25) is 0 Å². The maximum Gasteiger partial charge on any atom is 0.252 e. The molecule has 0 bridgehead atoms. The monoisotopic (exact) mass is 709 g/mol. The quantitative estimate of drug-likeness (QED) is 0.0557. The standard InChI is InChI=1S/C45H59NO6/c1-3-5-7-9-11-13-15-34-17-21-36(22-18-34)25-26-38-28-30-39(29-27-37-23-19-35(20-24-37)16-14-12-10-8-6-4-2)40(31-38)45(52)46-32-41(48)43(50)44(51)42(49)33-47/h17-24,28,30-31,41-44,47-51H,3-16,32-33H2,1-2H3,(H,46,52)/t41-,42-,43-,44+/m0/s1. The fraction of sp³-hybridized carbons (Fsp3) is 0.489. The van der Waals surface area contributed by atoms with Gasteiger partial charge >= 0.3 is 0 Å². The molecule has 6 N–H and O–H groups in total. The summed E-state index contributed by atoms with van der Waals surface area (Å²) in [6.07, 6.45) is 10.4. The number of hydrogen-bond acceptors (Lipinski definition) is 6. The molecule has 0 aliphatic rings. The number of benzene rings is 3. The second-order valence-corrected chi connectivity index (χ2v) is 13.7. The number of aliphatic hydroxyl groups excluding tert-OH is 5. The third-order valence-electron chi connectivity index (χ3n) is 9.30. The minimum absolute atomic E-state index is 0.242. The van der Waals surface area contributed by atoms with E-state index in [1.165, 1.54) is 88.2 Å². The van der Waals surface area contributed by atoms with Gasteiger partial charge in [-0.15, -0.1) is 0 Å². The van der Waals surface area contributed by atoms with E-state index in [0.717, 1.165) is 24.0 Å². The molecule has 0 heterocycles. The first-order valence-corrected chi connectivity index (χ1v) is 19.2. The van der Waals surface area contributed by atoms with Crippen LogP contribution >= 0.6 is 0 Å². The smallest absolute Gasteiger partial charge is 0.252 e. The van der Waals surface area contributed by atoms with Gasteiger partial charge in [-0.2, -0.15) is 0 Å². The third kappa shape index (κ3) is 15.3. The predicted molar refractivity (Wildman–Crippen MR) is 209 cm³/mol. The minimum Gasteiger partial charge on any atom is -0.394 e. The van der Waals surface area contributed by atoms with Crippen molar-refractivity contribution in [2.75, 3.05) is 13.2 Å². The zero-order valence-electron chi connectivity index (χ0n) is 31.1. The molecule has 0 saturated heterocycles. The fourth-order valence-corrected chi connectivity index (χ4v) is 5.91. The van der Waals surface area contributed by atoms with E-state index in [9.17, 15) is 25.2 Å². The van der Waals surface area contributed by atoms with Gasteiger partial charge in [0.05, 0.1) is 18.3 Å². The molecule has 0 aliphatic heterocycles. The number of unbranched alkanes of at least 4 members (excludes halogenated alkanes) is 10. The predicted octanol–water partition coefficient (Wildman–Crippen LogP) is 6.46. The van der Waals surface area contributed by atoms with Gasteiger partial charge in [-0.3, -0.25) is 4.79 Å². The summed E-state index contributed by atoms with van der Waals surface area (Å²) < 4.78 is 0. The van der Waals surface area contributed by atoms with Crippen LogP contribution < -0.4 is 5.32 Å². The van der Waals surface area contributed by atoms with Gasteiger partial charge in [0.1, 0.15) is 18.3 Å². The maximum atomic E-state index is 13.4. The summed E-state index contributed by atoms with van der Waals surface area (Å²) in [5.41, 5.74) is 5.55. The molecule has 7 heteroatoms. The van der Waals surface area contributed by atoms with Gasteiger partial charge in [0, 0.05) is 28.8 Å². The van der Waals surface area contributed by atoms with Crippen molar-refractivity contribution < 1.29 is 30.3 Å². The summed E-state index contributed by atoms with van der Waals surface area (Å²) >= 11 is 0. The van der Waals surface area contributed by atoms with E-state index >= 15 is 0 Å². The Balaban J connectivity index is 1.74. The summed E-state index contributed by atoms with van der Waals surface area (Å²) in [6, 6.07) is 21.6. The highest BCUT2D eigenvalue weighted by Crippen LogP contribution is 2.15. The molecule has 0 spiro atoms. The number of rotatable bonds is 21. The molecule has 0 radical (unpaired) electrons. The van der Waals surface area contributed by atoms with E-state index in [0.29, 0.717) is 11.1 Å². The van der Waals surface area contributed by atoms with Crippen LogP contribution in [0, 0.1) is 23.7 Å². The SMILES string of the molecule is CCCCCCCCc1ccc(C#Cc2ccc(C#Cc3ccc(CCCCCCCC)cc3)c(C(=O)NC[C@H](O)[C@H](O)[C@H](O)[C@@H](O)CO)c2)cc1. The van der Waals surface area contributed by atoms with Crippen molar-refractivity contribution in [2.45, 2.75) is 128 Å². The van der Waals surface area contributed by atoms with E-state index in [1.807, 2.05) is 30.3 Å². The normalized spacial score (nSPS) is 13.2. The van der Waals surface area contributed by atoms with Crippen LogP contribution in [0.4, 0.5) is 0 Å². The van der Waals surface area contributed by atoms with Gasteiger partial charge in [-0.1, -0.05) is 126 Å². The van der Waals surface area contributed by atoms with Crippen molar-refractivity contribution in [3.8, 4) is 23.7 Å². The van der Waals surface area contributed by atoms with Gasteiger partial charge < -0.3 is 30.8 Å². The van der Waals surface area contributed by atoms with Crippen LogP contribution in [0.15, 0.2) is 66.7 Å². The Morgan fingerprint density at radius 2 is 1.02 bits per heavy atom. The number of aliphatic hydroxyl groups is 5. The van der Waals surface area contributed by atoms with E-state index in [2.05, 4.69) is 67.1 Å². The lowest BCUT2D eigenvalue weighted by atomic mass is 10.0. The summed E-state index contributed by atoms with van der Waals surface area (Å²) in [5.74, 6) is 12.1. The topological polar surface area (TPSA) is 130 Å². The Labute approximate surface area is 311 Å². The molecular weight excluding hydrogens is 650 g/mol. The molecule has 52 heavy (non-hydrogen) atoms. The van der Waals surface area contributed by atoms with E-state index in [1.54, 1.807) is 12.1 Å². The molecule has 7 nitrogen and oxygen atoms in total. The Morgan fingerprint density at radius 1 is 0.577 bits per heavy atom. The number of amides is 1. The summed E-state index contributed by atoms with van der Waals surface area (Å²) in [6.45, 7) is 3.25. The molecule has 3 aromatic rings. The van der Waals surface area contributed by atoms with Crippen molar-refractivity contribution in [3.63, 3.8) is 0 Å². The number of hydrogen-bond donors (Lipinski definition) is 6. The maximum absolute atomic E-state index is 13.4. The minimum atomic E-state index is -1.79. The van der Waals surface area contributed by atoms with E-state index in [4.69, 9.17) is 5.11 Å². The van der Waals surface area contributed by atoms with Crippen molar-refractivity contribution in [1.82, 2.24) is 5.32 Å². The lowest BCUT2D eigenvalue weighted by Crippen LogP contribution is -2.49. The van der Waals surface area contributed by atoms with Crippen LogP contribution in [0.1, 0.15) is 135 Å². The molecule has 0 aromatic heterocycles. The number of nitrogens with one attached hydrogen (secondary N) is 1. The van der Waals surface area contributed by atoms with Gasteiger partial charge in [-0.05, 0) is 79.3 Å². The molecular formula is C45H59NO6. The lowest BCUT2D eigenvalue weighted by molar-refractivity contribution is -0.113. The molecule has 0 aliphatic carbocycles. The average Bonchev–Trinajstić information content (AvgIpc) is 3.17. The second kappa shape index (κ2) is 24.3. The van der Waals surface area contributed by atoms with Crippen LogP contribution in [-0.2, 0) is 12.8 Å². The van der Waals surface area contributed by atoms with Crippen molar-refractivity contribution in [2.24, 2.45) is 0 Å². The van der Waals surface area contributed by atoms with Gasteiger partial charge in [0.15, 0.2) is 0 Å². The highest BCUT2D eigenvalue weighted by molar-refractivity contribution is 5.97. The number of aryl methyl sites for hydroxylation is 2. The van der Waals surface area contributed by atoms with Crippen molar-refractivity contribution in [3.05, 3.63) is 106 Å². The Morgan fingerprint density at radius 3 is 1.54 bits per heavy atom. The van der Waals surface area contributed by atoms with Crippen LogP contribution in [0.25, 0.3) is 0 Å². The van der Waals surface area contributed by atoms with Gasteiger partial charge in [0.2, 0.25) is 0 Å². The number of carbonyl (C=O) groups is 1. The molecule has 3 rings (SSSR count). The summed E-state index contributed by atoms with van der Waals surface area (Å²) in [5, 5.41) is 51.9. The van der Waals surface area contributed by atoms with E-state index < -0.39 is 43.5 Å². The van der Waals surface area contributed by atoms with Crippen LogP contribution in [0.3, 0.4) is 0 Å². The first kappa shape index (κ1) is 42.5. The summed E-state index contributed by atoms with van der Waals surface area (Å²) in [4.78, 5) is 13.4. The molecule has 1 amide bonds. The van der Waals surface area contributed by atoms with E-state index in [-0.39, 0.29) is 5.56 Å². The number of carbonyl (C=O) groups excluding carboxylic acids is 1.